The summed E-state index contributed by atoms with van der Waals surface area (Å²) in [4.78, 5) is 0. The Labute approximate surface area is 860 Å². The molecule has 0 radical (unpaired) electrons. The van der Waals surface area contributed by atoms with E-state index in [0.29, 0.717) is 24.2 Å². The van der Waals surface area contributed by atoms with E-state index >= 15 is 0 Å². The van der Waals surface area contributed by atoms with Crippen LogP contribution in [0.5, 0.6) is 0 Å². The Morgan fingerprint density at radius 3 is 0.595 bits per heavy atom. The van der Waals surface area contributed by atoms with Gasteiger partial charge in [0.15, 0.2) is 0 Å². The molecule has 4 aliphatic rings. The minimum atomic E-state index is -1.08. The monoisotopic (exact) mass is 2010 g/mol. The fourth-order valence-corrected chi connectivity index (χ4v) is 31.8. The van der Waals surface area contributed by atoms with Gasteiger partial charge in [-0.1, -0.05) is 246 Å². The van der Waals surface area contributed by atoms with Crippen LogP contribution in [0.15, 0.2) is 243 Å². The van der Waals surface area contributed by atoms with Crippen LogP contribution in [0.3, 0.4) is 0 Å². The Bertz CT molecular complexity index is 4750. The number of nitriles is 3. The van der Waals surface area contributed by atoms with Crippen molar-refractivity contribution in [2.75, 3.05) is 24.6 Å². The molecule has 0 aromatic heterocycles. The van der Waals surface area contributed by atoms with E-state index in [1.807, 2.05) is 0 Å². The number of hydrogen-bond donors (Lipinski definition) is 4. The molecule has 0 amide bonds. The summed E-state index contributed by atoms with van der Waals surface area (Å²) in [5.74, 6) is 0. The molecular formula is C111H147FeN7P4S8+4. The Morgan fingerprint density at radius 1 is 0.260 bits per heavy atom. The van der Waals surface area contributed by atoms with E-state index in [1.165, 1.54) is 197 Å². The van der Waals surface area contributed by atoms with Gasteiger partial charge in [0.25, 0.3) is 0 Å². The summed E-state index contributed by atoms with van der Waals surface area (Å²) in [7, 11) is -3.32. The van der Waals surface area contributed by atoms with Gasteiger partial charge in [0.2, 0.25) is 0 Å². The third kappa shape index (κ3) is 32.6. The summed E-state index contributed by atoms with van der Waals surface area (Å²) in [6.45, 7) is 40.4. The van der Waals surface area contributed by atoms with Gasteiger partial charge in [0.05, 0.1) is 91.8 Å². The largest absolute Gasteiger partial charge is 2.00 e. The first-order valence-corrected chi connectivity index (χ1v) is 49.8. The second-order valence-electron chi connectivity index (χ2n) is 35.1. The number of hydrogen-bond acceptors (Lipinski definition) is 7. The van der Waals surface area contributed by atoms with Crippen molar-refractivity contribution in [3.8, 4) is 18.2 Å². The van der Waals surface area contributed by atoms with Crippen LogP contribution in [0.1, 0.15) is 186 Å². The molecule has 12 aromatic carbocycles. The molecule has 0 saturated heterocycles. The molecule has 131 heavy (non-hydrogen) atoms. The van der Waals surface area contributed by atoms with Crippen molar-refractivity contribution in [3.05, 3.63) is 376 Å². The van der Waals surface area contributed by atoms with Crippen LogP contribution in [0.4, 0.5) is 0 Å². The zero-order valence-electron chi connectivity index (χ0n) is 79.5. The molecule has 4 heterocycles. The Balaban J connectivity index is 0.000000760. The Morgan fingerprint density at radius 2 is 0.412 bits per heavy atom. The first-order chi connectivity index (χ1) is 58.1. The van der Waals surface area contributed by atoms with Crippen molar-refractivity contribution in [1.82, 2.24) is 21.3 Å². The van der Waals surface area contributed by atoms with E-state index in [0.717, 1.165) is 50.3 Å². The molecule has 8 atom stereocenters. The molecule has 4 aliphatic heterocycles. The summed E-state index contributed by atoms with van der Waals surface area (Å²) in [6.07, 6.45) is 8.70. The van der Waals surface area contributed by atoms with Crippen molar-refractivity contribution >= 4 is 182 Å². The predicted octanol–water partition coefficient (Wildman–Crippen LogP) is 23.1. The Kier molecular flexibility index (Phi) is 52.9. The average Bonchev–Trinajstić information content (AvgIpc) is 0.758. The maximum atomic E-state index is 7.32. The summed E-state index contributed by atoms with van der Waals surface area (Å²) < 4.78 is 0. The quantitative estimate of drug-likeness (QED) is 0.0499. The van der Waals surface area contributed by atoms with Crippen LogP contribution >= 0.6 is 140 Å². The molecule has 7 nitrogen and oxygen atoms in total. The van der Waals surface area contributed by atoms with Crippen LogP contribution in [0, 0.1) is 145 Å². The van der Waals surface area contributed by atoms with E-state index in [9.17, 15) is 0 Å². The SMILES string of the molecule is C.CC#N.CC#N.CC#N.Cc1cc(C)cc(P(C[C@@H]2Cc3ccccc3[C@@H]([C@H]3N[C@H](CP(c4cc(C)cc(C)c4)c4cc(C)cc(C)c4)Cc4ccccc43)N2)c2cc(C)cc(C)c2)c1.Cc1cc(C)cc([PH+](C[C@@H]2Cc3ccccc3[C@@H]([C@H]3N[C@H](C[PH+](c4cc(C)cc(C)c4)c4cc(C)cc(C)c4)Cc4ccccc43)N2)c2cc(C)cc(C)c2)c1.S.S.S.S.S.S.S.S.[Fe+2]. The predicted molar refractivity (Wildman–Crippen MR) is 617 cm³/mol. The average molecular weight is 2020 g/mol. The van der Waals surface area contributed by atoms with Crippen LogP contribution in [-0.2, 0) is 42.8 Å². The van der Waals surface area contributed by atoms with Crippen molar-refractivity contribution in [3.63, 3.8) is 0 Å². The van der Waals surface area contributed by atoms with Crippen molar-refractivity contribution in [2.24, 2.45) is 0 Å². The maximum absolute atomic E-state index is 7.32. The number of rotatable bonds is 18. The van der Waals surface area contributed by atoms with E-state index in [-0.39, 0.29) is 157 Å². The maximum Gasteiger partial charge on any atom is 2.00 e. The molecule has 4 N–H and O–H groups in total. The molecule has 0 spiro atoms. The van der Waals surface area contributed by atoms with E-state index < -0.39 is 31.7 Å². The van der Waals surface area contributed by atoms with Gasteiger partial charge in [-0.05, 0) is 323 Å². The Hall–Kier alpha value is -6.01. The van der Waals surface area contributed by atoms with E-state index in [4.69, 9.17) is 15.8 Å². The molecule has 0 aliphatic carbocycles. The molecular weight excluding hydrogens is 1870 g/mol. The van der Waals surface area contributed by atoms with Gasteiger partial charge < -0.3 is 21.3 Å². The van der Waals surface area contributed by atoms with Gasteiger partial charge in [0.1, 0.15) is 0 Å². The van der Waals surface area contributed by atoms with E-state index in [2.05, 4.69) is 375 Å². The number of nitrogens with one attached hydrogen (secondary N) is 4. The molecule has 16 rings (SSSR count). The summed E-state index contributed by atoms with van der Waals surface area (Å²) in [6, 6.07) is 103. The molecule has 12 aromatic rings. The van der Waals surface area contributed by atoms with Gasteiger partial charge in [-0.15, -0.1) is 0 Å². The van der Waals surface area contributed by atoms with Gasteiger partial charge in [0, 0.05) is 44.9 Å². The fraction of sp³-hybridized carbons (Fsp3) is 0.324. The smallest absolute Gasteiger partial charge is 0.305 e. The van der Waals surface area contributed by atoms with Gasteiger partial charge in [-0.3, -0.25) is 0 Å². The minimum Gasteiger partial charge on any atom is -0.305 e. The number of fused-ring (bicyclic) bond motifs is 4. The topological polar surface area (TPSA) is 119 Å². The number of nitrogens with zero attached hydrogens (tertiary/aromatic N) is 3. The zero-order valence-corrected chi connectivity index (χ0v) is 92.4. The number of benzene rings is 12. The second-order valence-corrected chi connectivity index (χ2v) is 44.7. The normalized spacial score (nSPS) is 16.6. The molecule has 20 heteroatoms. The third-order valence-electron chi connectivity index (χ3n) is 23.8. The van der Waals surface area contributed by atoms with Crippen molar-refractivity contribution in [2.45, 2.75) is 213 Å². The van der Waals surface area contributed by atoms with Crippen molar-refractivity contribution in [1.29, 1.82) is 15.8 Å². The van der Waals surface area contributed by atoms with Crippen LogP contribution in [-0.4, -0.2) is 48.8 Å². The molecule has 698 valence electrons. The van der Waals surface area contributed by atoms with Gasteiger partial charge in [-0.2, -0.15) is 124 Å². The summed E-state index contributed by atoms with van der Waals surface area (Å²) in [5.41, 5.74) is 33.5. The first kappa shape index (κ1) is 121. The number of aryl methyl sites for hydroxylation is 16. The molecule has 0 unspecified atom stereocenters. The summed E-state index contributed by atoms with van der Waals surface area (Å²) >= 11 is 0. The zero-order chi connectivity index (χ0) is 86.3. The standard InChI is InChI=1S/2C52H58N2P2.3C2H3N.CH4.Fe.8H2S/c2*1-33-17-34(2)22-45(21-33)55(46-23-35(3)18-36(4)24-46)31-43-29-41-13-9-11-15-49(41)51(53-43)52-50-16-12-10-14-42(50)30-44(54-52)32-56(47-25-37(5)19-38(6)26-47)48-27-39(7)20-40(8)28-48;3*1-2-3;;;;;;;;;;/h2*9-28,43-44,51-54H,29-32H2,1-8H3;3*1H3;1H4;;8*1H2/q;;;;;;+2;;;;;;;;/p+2/t2*43-,44-,51-,52-;;;;;;;;;;;;;/m00............./s1. The van der Waals surface area contributed by atoms with E-state index in [1.54, 1.807) is 18.2 Å². The van der Waals surface area contributed by atoms with Crippen molar-refractivity contribution < 1.29 is 17.1 Å². The van der Waals surface area contributed by atoms with Crippen LogP contribution < -0.4 is 63.7 Å². The summed E-state index contributed by atoms with van der Waals surface area (Å²) in [5, 5.41) is 51.6. The first-order valence-electron chi connectivity index (χ1n) is 43.4. The molecule has 0 fully saturated rings. The minimum absolute atomic E-state index is 0. The third-order valence-corrected chi connectivity index (χ3v) is 34.7. The molecule has 0 saturated carbocycles. The second kappa shape index (κ2) is 57.3. The van der Waals surface area contributed by atoms with Gasteiger partial charge in [-0.25, -0.2) is 0 Å². The molecule has 0 bridgehead atoms. The van der Waals surface area contributed by atoms with Crippen LogP contribution in [0.2, 0.25) is 0 Å². The van der Waals surface area contributed by atoms with Gasteiger partial charge >= 0.3 is 17.1 Å². The van der Waals surface area contributed by atoms with Crippen LogP contribution in [0.25, 0.3) is 0 Å². The fourth-order valence-electron chi connectivity index (χ4n) is 19.8.